The lowest BCUT2D eigenvalue weighted by Gasteiger charge is -2.21. The number of hydrogen-bond donors (Lipinski definition) is 18. The zero-order valence-corrected chi connectivity index (χ0v) is 70.6. The van der Waals surface area contributed by atoms with E-state index in [4.69, 9.17) is 0 Å². The maximum Gasteiger partial charge on any atom is 0.295 e. The molecule has 0 aliphatic heterocycles. The summed E-state index contributed by atoms with van der Waals surface area (Å²) in [4.78, 5) is 20.3. The smallest absolute Gasteiger partial charge is 0.295 e. The third-order valence-corrected chi connectivity index (χ3v) is 28.5. The molecule has 0 spiro atoms. The van der Waals surface area contributed by atoms with Crippen LogP contribution in [0.15, 0.2) is 209 Å². The monoisotopic (exact) mass is 1870 g/mol. The Kier molecular flexibility index (Phi) is 31.1. The van der Waals surface area contributed by atoms with E-state index in [1.807, 2.05) is 0 Å². The second kappa shape index (κ2) is 40.4. The van der Waals surface area contributed by atoms with Gasteiger partial charge in [-0.25, -0.2) is 50.5 Å². The van der Waals surface area contributed by atoms with E-state index in [2.05, 4.69) is 72.4 Å². The van der Waals surface area contributed by atoms with E-state index in [0.717, 1.165) is 102 Å². The molecule has 0 aliphatic rings. The Bertz CT molecular complexity index is 5930. The van der Waals surface area contributed by atoms with Gasteiger partial charge >= 0.3 is 0 Å². The molecule has 54 heteroatoms. The average Bonchev–Trinajstić information content (AvgIpc) is 0.760. The van der Waals surface area contributed by atoms with Gasteiger partial charge in [0.25, 0.3) is 20.2 Å². The normalized spacial score (nSPS) is 12.5. The molecule has 18 N–H and O–H groups in total. The molecule has 0 fully saturated rings. The van der Waals surface area contributed by atoms with Crippen LogP contribution in [0.3, 0.4) is 0 Å². The summed E-state index contributed by atoms with van der Waals surface area (Å²) < 4.78 is 266. The summed E-state index contributed by atoms with van der Waals surface area (Å²) in [6.07, 6.45) is 0. The van der Waals surface area contributed by atoms with Crippen LogP contribution in [0.2, 0.25) is 0 Å². The maximum atomic E-state index is 13.6. The predicted molar refractivity (Wildman–Crippen MR) is 444 cm³/mol. The second-order valence-corrected chi connectivity index (χ2v) is 39.1. The summed E-state index contributed by atoms with van der Waals surface area (Å²) in [5.74, 6) is -2.48. The number of nitrogens with zero attached hydrogens (tertiary/aromatic N) is 10. The first kappa shape index (κ1) is 95.4. The van der Waals surface area contributed by atoms with Crippen LogP contribution in [0.1, 0.15) is 0 Å². The summed E-state index contributed by atoms with van der Waals surface area (Å²) >= 11 is 0. The molecule has 2 aromatic heterocycles. The van der Waals surface area contributed by atoms with Crippen molar-refractivity contribution in [3.8, 4) is 11.1 Å². The number of hydrogen-bond acceptors (Lipinski definition) is 40. The van der Waals surface area contributed by atoms with Gasteiger partial charge in [0.05, 0.1) is 93.6 Å². The van der Waals surface area contributed by atoms with Crippen molar-refractivity contribution in [1.29, 1.82) is 0 Å². The zero-order chi connectivity index (χ0) is 90.3. The average molecular weight is 1880 g/mol. The van der Waals surface area contributed by atoms with Gasteiger partial charge in [0.15, 0.2) is 0 Å². The number of nitrogens with one attached hydrogen (secondary N) is 8. The van der Waals surface area contributed by atoms with E-state index in [0.29, 0.717) is 12.1 Å². The fourth-order valence-corrected chi connectivity index (χ4v) is 20.6. The summed E-state index contributed by atoms with van der Waals surface area (Å²) in [5, 5.41) is 98.5. The molecule has 0 aliphatic carbocycles. The summed E-state index contributed by atoms with van der Waals surface area (Å²) in [6, 6.07) is 31.3. The molecule has 0 amide bonds. The Labute approximate surface area is 709 Å². The lowest BCUT2D eigenvalue weighted by atomic mass is 10.0. The molecule has 0 saturated carbocycles. The highest BCUT2D eigenvalue weighted by Crippen LogP contribution is 2.40. The first-order chi connectivity index (χ1) is 58.5. The molecule has 124 heavy (non-hydrogen) atoms. The topological polar surface area (TPSA) is 708 Å². The minimum absolute atomic E-state index is 0.00975. The number of anilines is 16. The molecular formula is C70H78N18O28S8-2. The van der Waals surface area contributed by atoms with Gasteiger partial charge in [-0.3, -0.25) is 9.11 Å². The van der Waals surface area contributed by atoms with Gasteiger partial charge in [0.1, 0.15) is 30.0 Å². The first-order valence-electron chi connectivity index (χ1n) is 36.0. The van der Waals surface area contributed by atoms with Crippen LogP contribution in [0.4, 0.5) is 92.6 Å². The molecule has 8 aromatic carbocycles. The molecule has 0 bridgehead atoms. The van der Waals surface area contributed by atoms with E-state index in [-0.39, 0.29) is 130 Å². The fourth-order valence-electron chi connectivity index (χ4n) is 11.9. The minimum atomic E-state index is -5.60. The predicted octanol–water partition coefficient (Wildman–Crippen LogP) is 1.88. The standard InChI is InChI=1S/C70H80N18O28S8/c89-29-21-85(22-30-90)117(97,98)53-9-1-5-45(37-53)73-65-79-66(74-46-6-2-10-54(38-46)118(99,100)86(23-31-91)24-32-92)82-69(81-65)77-51-15-19-59(63(43-51)123(111,112)113)71-49-13-17-57(61(41-49)121(105,106)107)58-18-14-50(42-62(58)122(108,109)110)72-60-20-16-52(44-64(60)124(114,115)116)78-70-83-67(75-47-7-3-11-55(39-47)119(101,102)87(25-33-93)26-34-94)80-68(84-70)76-48-8-4-12-56(40-48)120(103,104)88(27-35-95)28-36-96/h1-20,37-44,71-72,89-96H,21-36H2,(H,105,106,107)(H,108,109,110)(H,111,112,113)(H,114,115,116)(H3,73,74,77,79,81,82)(H3,75,76,78,80,83,84)/p-2. The molecule has 10 rings (SSSR count). The summed E-state index contributed by atoms with van der Waals surface area (Å²) in [6.45, 7) is -7.85. The van der Waals surface area contributed by atoms with Crippen molar-refractivity contribution >= 4 is 173 Å². The van der Waals surface area contributed by atoms with Gasteiger partial charge in [-0.05, 0) is 133 Å². The van der Waals surface area contributed by atoms with Gasteiger partial charge in [-0.1, -0.05) is 36.4 Å². The number of sulfonamides is 4. The van der Waals surface area contributed by atoms with E-state index in [1.54, 1.807) is 0 Å². The molecular weight excluding hydrogens is 1800 g/mol. The van der Waals surface area contributed by atoms with Crippen molar-refractivity contribution in [3.05, 3.63) is 170 Å². The highest BCUT2D eigenvalue weighted by Gasteiger charge is 2.31. The SMILES string of the molecule is O=S(=O)([O-])c1cc(Nc2nc(Nc3cccc(S(=O)(=O)N(CCO)CCO)c3)nc(Nc3cccc(S(=O)(=O)N(CCO)CCO)c3)n2)ccc1Nc1ccc(-c2ccc(Nc3ccc(Nc4nc(Nc5cccc(S(=O)(=O)N(CCO)CCO)c5)nc(Nc5cccc(S(=O)(=O)N(CCO)CCO)c5)n4)cc3S(=O)(=O)[O-])cc2S(=O)(=O)O)c(S(=O)(=O)O)c1. The van der Waals surface area contributed by atoms with Gasteiger partial charge in [-0.2, -0.15) is 64.0 Å². The number of rotatable bonds is 45. The number of aromatic nitrogens is 6. The first-order valence-corrected chi connectivity index (χ1v) is 47.4. The van der Waals surface area contributed by atoms with E-state index < -0.39 is 199 Å². The molecule has 0 atom stereocenters. The Balaban J connectivity index is 0.951. The van der Waals surface area contributed by atoms with Crippen molar-refractivity contribution in [3.63, 3.8) is 0 Å². The van der Waals surface area contributed by atoms with Crippen molar-refractivity contribution in [2.45, 2.75) is 39.2 Å². The number of aliphatic hydroxyl groups is 8. The molecule has 46 nitrogen and oxygen atoms in total. The van der Waals surface area contributed by atoms with Crippen molar-refractivity contribution in [2.24, 2.45) is 0 Å². The Morgan fingerprint density at radius 2 is 0.444 bits per heavy atom. The second-order valence-electron chi connectivity index (χ2n) is 25.8. The third-order valence-electron chi connectivity index (χ3n) is 17.4. The molecule has 666 valence electrons. The van der Waals surface area contributed by atoms with Gasteiger partial charge in [-0.15, -0.1) is 0 Å². The molecule has 0 unspecified atom stereocenters. The van der Waals surface area contributed by atoms with Crippen molar-refractivity contribution in [2.75, 3.05) is 148 Å². The van der Waals surface area contributed by atoms with E-state index in [9.17, 15) is 126 Å². The third kappa shape index (κ3) is 24.0. The van der Waals surface area contributed by atoms with Gasteiger partial charge < -0.3 is 92.5 Å². The van der Waals surface area contributed by atoms with Crippen molar-refractivity contribution < 1.29 is 126 Å². The van der Waals surface area contributed by atoms with Crippen LogP contribution < -0.4 is 42.5 Å². The van der Waals surface area contributed by atoms with Crippen LogP contribution in [0.5, 0.6) is 0 Å². The van der Waals surface area contributed by atoms with Crippen molar-refractivity contribution in [1.82, 2.24) is 47.1 Å². The van der Waals surface area contributed by atoms with Crippen LogP contribution in [-0.4, -0.2) is 279 Å². The minimum Gasteiger partial charge on any atom is -0.744 e. The Hall–Kier alpha value is -10.9. The lowest BCUT2D eigenvalue weighted by molar-refractivity contribution is 0.217. The van der Waals surface area contributed by atoms with Crippen LogP contribution in [0.25, 0.3) is 11.1 Å². The highest BCUT2D eigenvalue weighted by molar-refractivity contribution is 7.90. The quantitative estimate of drug-likeness (QED) is 0.0242. The summed E-state index contributed by atoms with van der Waals surface area (Å²) in [7, 11) is -39.7. The molecule has 0 radical (unpaired) electrons. The van der Waals surface area contributed by atoms with Gasteiger partial charge in [0.2, 0.25) is 75.8 Å². The zero-order valence-electron chi connectivity index (χ0n) is 64.0. The summed E-state index contributed by atoms with van der Waals surface area (Å²) in [5.41, 5.74) is -3.80. The Morgan fingerprint density at radius 1 is 0.250 bits per heavy atom. The van der Waals surface area contributed by atoms with Gasteiger partial charge in [0, 0.05) is 109 Å². The lowest BCUT2D eigenvalue weighted by Crippen LogP contribution is -2.35. The fraction of sp³-hybridized carbons (Fsp3) is 0.229. The number of aliphatic hydroxyl groups excluding tert-OH is 8. The van der Waals surface area contributed by atoms with E-state index >= 15 is 0 Å². The molecule has 2 heterocycles. The largest absolute Gasteiger partial charge is 0.744 e. The van der Waals surface area contributed by atoms with Crippen LogP contribution in [0, 0.1) is 0 Å². The maximum absolute atomic E-state index is 13.6. The molecule has 10 aromatic rings. The molecule has 0 saturated heterocycles. The van der Waals surface area contributed by atoms with Crippen LogP contribution >= 0.6 is 0 Å². The Morgan fingerprint density at radius 3 is 0.645 bits per heavy atom. The highest BCUT2D eigenvalue weighted by atomic mass is 32.2. The number of benzene rings is 8. The van der Waals surface area contributed by atoms with E-state index in [1.165, 1.54) is 72.8 Å². The van der Waals surface area contributed by atoms with Crippen LogP contribution in [-0.2, 0) is 80.6 Å².